The van der Waals surface area contributed by atoms with E-state index in [1.807, 2.05) is 33.0 Å². The van der Waals surface area contributed by atoms with Crippen LogP contribution in [0.5, 0.6) is 0 Å². The van der Waals surface area contributed by atoms with Gasteiger partial charge in [0.15, 0.2) is 0 Å². The third kappa shape index (κ3) is 1.84. The van der Waals surface area contributed by atoms with Crippen molar-refractivity contribution in [3.05, 3.63) is 23.4 Å². The van der Waals surface area contributed by atoms with E-state index in [2.05, 4.69) is 5.32 Å². The summed E-state index contributed by atoms with van der Waals surface area (Å²) in [5.74, 6) is 0. The lowest BCUT2D eigenvalue weighted by atomic mass is 9.92. The zero-order valence-corrected chi connectivity index (χ0v) is 7.31. The highest BCUT2D eigenvalue weighted by molar-refractivity contribution is 5.33. The Morgan fingerprint density at radius 1 is 1.55 bits per heavy atom. The van der Waals surface area contributed by atoms with Gasteiger partial charge >= 0.3 is 0 Å². The summed E-state index contributed by atoms with van der Waals surface area (Å²) in [6, 6.07) is 0. The number of allylic oxidation sites excluding steroid dienone is 2. The molecule has 0 unspecified atom stereocenters. The first-order valence-corrected chi connectivity index (χ1v) is 3.84. The average molecular weight is 153 g/mol. The van der Waals surface area contributed by atoms with Gasteiger partial charge in [0.05, 0.1) is 5.60 Å². The van der Waals surface area contributed by atoms with Gasteiger partial charge in [0.25, 0.3) is 0 Å². The molecule has 0 aromatic carbocycles. The molecule has 0 aromatic rings. The number of hydrogen-bond acceptors (Lipinski definition) is 2. The topological polar surface area (TPSA) is 32.3 Å². The largest absolute Gasteiger partial charge is 0.387 e. The van der Waals surface area contributed by atoms with E-state index in [4.69, 9.17) is 0 Å². The van der Waals surface area contributed by atoms with Gasteiger partial charge in [0, 0.05) is 6.54 Å². The summed E-state index contributed by atoms with van der Waals surface area (Å²) < 4.78 is 0. The highest BCUT2D eigenvalue weighted by Gasteiger charge is 2.21. The molecule has 0 radical (unpaired) electrons. The molecule has 1 aliphatic heterocycles. The third-order valence-electron chi connectivity index (χ3n) is 1.94. The maximum Gasteiger partial charge on any atom is 0.0823 e. The van der Waals surface area contributed by atoms with Gasteiger partial charge in [-0.3, -0.25) is 0 Å². The van der Waals surface area contributed by atoms with E-state index in [9.17, 15) is 5.11 Å². The van der Waals surface area contributed by atoms with Crippen LogP contribution in [0.15, 0.2) is 23.4 Å². The molecule has 0 saturated heterocycles. The van der Waals surface area contributed by atoms with Crippen molar-refractivity contribution in [2.24, 2.45) is 0 Å². The van der Waals surface area contributed by atoms with Crippen LogP contribution in [-0.2, 0) is 0 Å². The van der Waals surface area contributed by atoms with Crippen LogP contribution in [-0.4, -0.2) is 17.3 Å². The lowest BCUT2D eigenvalue weighted by Crippen LogP contribution is -2.31. The van der Waals surface area contributed by atoms with E-state index < -0.39 is 5.60 Å². The van der Waals surface area contributed by atoms with E-state index in [1.54, 1.807) is 0 Å². The van der Waals surface area contributed by atoms with Crippen molar-refractivity contribution >= 4 is 0 Å². The zero-order chi connectivity index (χ0) is 8.48. The van der Waals surface area contributed by atoms with Crippen LogP contribution in [0.3, 0.4) is 0 Å². The fraction of sp³-hybridized carbons (Fsp3) is 0.556. The maximum atomic E-state index is 9.68. The van der Waals surface area contributed by atoms with E-state index in [0.717, 1.165) is 17.7 Å². The molecule has 0 saturated carbocycles. The predicted octanol–water partition coefficient (Wildman–Crippen LogP) is 1.19. The van der Waals surface area contributed by atoms with Crippen molar-refractivity contribution in [3.8, 4) is 0 Å². The molecule has 11 heavy (non-hydrogen) atoms. The van der Waals surface area contributed by atoms with Crippen LogP contribution in [0.2, 0.25) is 0 Å². The van der Waals surface area contributed by atoms with Gasteiger partial charge in [0.1, 0.15) is 0 Å². The summed E-state index contributed by atoms with van der Waals surface area (Å²) in [5, 5.41) is 12.8. The lowest BCUT2D eigenvalue weighted by molar-refractivity contribution is 0.116. The van der Waals surface area contributed by atoms with Gasteiger partial charge in [0.2, 0.25) is 0 Å². The number of rotatable bonds is 1. The maximum absolute atomic E-state index is 9.68. The average Bonchev–Trinajstić information content (AvgIpc) is 1.86. The molecule has 0 amide bonds. The quantitative estimate of drug-likeness (QED) is 0.593. The van der Waals surface area contributed by atoms with Crippen LogP contribution in [0.1, 0.15) is 20.8 Å². The molecule has 0 atom stereocenters. The first-order valence-electron chi connectivity index (χ1n) is 3.84. The van der Waals surface area contributed by atoms with E-state index in [0.29, 0.717) is 0 Å². The number of aliphatic hydroxyl groups is 1. The highest BCUT2D eigenvalue weighted by Crippen LogP contribution is 2.21. The molecule has 0 aromatic heterocycles. The standard InChI is InChI=1S/C9H15NO/c1-7-4-5-10-6-8(7)9(2,3)11/h4-5,10-11H,6H2,1-3H3. The fourth-order valence-corrected chi connectivity index (χ4v) is 1.28. The normalized spacial score (nSPS) is 18.5. The fourth-order valence-electron chi connectivity index (χ4n) is 1.28. The Kier molecular flexibility index (Phi) is 2.05. The minimum Gasteiger partial charge on any atom is -0.387 e. The number of nitrogens with one attached hydrogen (secondary N) is 1. The minimum atomic E-state index is -0.693. The van der Waals surface area contributed by atoms with Gasteiger partial charge in [-0.15, -0.1) is 0 Å². The highest BCUT2D eigenvalue weighted by atomic mass is 16.3. The smallest absolute Gasteiger partial charge is 0.0823 e. The molecule has 2 heteroatoms. The Labute approximate surface area is 67.6 Å². The minimum absolute atomic E-state index is 0.693. The summed E-state index contributed by atoms with van der Waals surface area (Å²) in [6.07, 6.45) is 3.89. The summed E-state index contributed by atoms with van der Waals surface area (Å²) in [5.41, 5.74) is 1.54. The van der Waals surface area contributed by atoms with Crippen LogP contribution >= 0.6 is 0 Å². The van der Waals surface area contributed by atoms with Crippen molar-refractivity contribution in [2.45, 2.75) is 26.4 Å². The Bertz CT molecular complexity index is 208. The third-order valence-corrected chi connectivity index (χ3v) is 1.94. The molecule has 0 spiro atoms. The van der Waals surface area contributed by atoms with Gasteiger partial charge in [-0.05, 0) is 44.2 Å². The summed E-state index contributed by atoms with van der Waals surface area (Å²) in [4.78, 5) is 0. The van der Waals surface area contributed by atoms with Crippen molar-refractivity contribution in [3.63, 3.8) is 0 Å². The summed E-state index contributed by atoms with van der Waals surface area (Å²) in [6.45, 7) is 6.40. The first kappa shape index (κ1) is 8.34. The molecular formula is C9H15NO. The SMILES string of the molecule is CC1=C(C(C)(C)O)CNC=C1. The van der Waals surface area contributed by atoms with E-state index in [-0.39, 0.29) is 0 Å². The summed E-state index contributed by atoms with van der Waals surface area (Å²) >= 11 is 0. The molecule has 62 valence electrons. The Balaban J connectivity index is 2.93. The predicted molar refractivity (Wildman–Crippen MR) is 46.1 cm³/mol. The second kappa shape index (κ2) is 2.70. The molecular weight excluding hydrogens is 138 g/mol. The number of hydrogen-bond donors (Lipinski definition) is 2. The van der Waals surface area contributed by atoms with Crippen LogP contribution in [0.4, 0.5) is 0 Å². The van der Waals surface area contributed by atoms with Gasteiger partial charge in [-0.1, -0.05) is 0 Å². The first-order chi connectivity index (χ1) is 5.02. The monoisotopic (exact) mass is 153 g/mol. The van der Waals surface area contributed by atoms with Crippen molar-refractivity contribution in [1.82, 2.24) is 5.32 Å². The zero-order valence-electron chi connectivity index (χ0n) is 7.31. The Hall–Kier alpha value is -0.760. The van der Waals surface area contributed by atoms with Crippen molar-refractivity contribution in [1.29, 1.82) is 0 Å². The van der Waals surface area contributed by atoms with Gasteiger partial charge in [-0.25, -0.2) is 0 Å². The Morgan fingerprint density at radius 3 is 2.55 bits per heavy atom. The summed E-state index contributed by atoms with van der Waals surface area (Å²) in [7, 11) is 0. The second-order valence-corrected chi connectivity index (χ2v) is 3.43. The molecule has 1 aliphatic rings. The van der Waals surface area contributed by atoms with E-state index in [1.165, 1.54) is 0 Å². The molecule has 1 rings (SSSR count). The molecule has 2 N–H and O–H groups in total. The molecule has 2 nitrogen and oxygen atoms in total. The molecule has 0 bridgehead atoms. The molecule has 1 heterocycles. The number of dihydropyridines is 1. The lowest BCUT2D eigenvalue weighted by Gasteiger charge is -2.25. The van der Waals surface area contributed by atoms with Crippen molar-refractivity contribution < 1.29 is 5.11 Å². The van der Waals surface area contributed by atoms with Crippen molar-refractivity contribution in [2.75, 3.05) is 6.54 Å². The van der Waals surface area contributed by atoms with Crippen LogP contribution in [0.25, 0.3) is 0 Å². The van der Waals surface area contributed by atoms with Crippen LogP contribution in [0, 0.1) is 0 Å². The Morgan fingerprint density at radius 2 is 2.18 bits per heavy atom. The van der Waals surface area contributed by atoms with Gasteiger partial charge < -0.3 is 10.4 Å². The molecule has 0 aliphatic carbocycles. The van der Waals surface area contributed by atoms with Crippen LogP contribution < -0.4 is 5.32 Å². The van der Waals surface area contributed by atoms with Gasteiger partial charge in [-0.2, -0.15) is 0 Å². The molecule has 0 fully saturated rings. The van der Waals surface area contributed by atoms with E-state index >= 15 is 0 Å². The second-order valence-electron chi connectivity index (χ2n) is 3.43.